The highest BCUT2D eigenvalue weighted by Gasteiger charge is 2.39. The molecule has 3 heterocycles. The molecular formula is C24H33F6N7O4Si. The predicted octanol–water partition coefficient (Wildman–Crippen LogP) is 3.76. The summed E-state index contributed by atoms with van der Waals surface area (Å²) in [5, 5.41) is 6.34. The number of hydrogen-bond donors (Lipinski definition) is 2. The van der Waals surface area contributed by atoms with E-state index < -0.39 is 61.5 Å². The first-order valence-electron chi connectivity index (χ1n) is 13.0. The Morgan fingerprint density at radius 1 is 1.10 bits per heavy atom. The number of nitrogens with zero attached hydrogens (tertiary/aromatic N) is 5. The highest BCUT2D eigenvalue weighted by atomic mass is 28.3. The molecule has 3 rings (SSSR count). The highest BCUT2D eigenvalue weighted by molar-refractivity contribution is 6.76. The Labute approximate surface area is 238 Å². The van der Waals surface area contributed by atoms with E-state index in [0.29, 0.717) is 36.8 Å². The van der Waals surface area contributed by atoms with Crippen LogP contribution in [-0.2, 0) is 33.5 Å². The van der Waals surface area contributed by atoms with Crippen LogP contribution < -0.4 is 21.3 Å². The van der Waals surface area contributed by atoms with Crippen molar-refractivity contribution in [2.24, 2.45) is 5.92 Å². The van der Waals surface area contributed by atoms with Crippen molar-refractivity contribution in [3.8, 4) is 0 Å². The summed E-state index contributed by atoms with van der Waals surface area (Å²) in [4.78, 5) is 38.9. The van der Waals surface area contributed by atoms with Crippen molar-refractivity contribution in [2.75, 3.05) is 36.5 Å². The third-order valence-corrected chi connectivity index (χ3v) is 7.84. The molecule has 0 radical (unpaired) electrons. The fraction of sp³-hybridized carbons (Fsp3) is 0.625. The molecule has 1 atom stereocenters. The van der Waals surface area contributed by atoms with E-state index in [2.05, 4.69) is 45.5 Å². The van der Waals surface area contributed by atoms with Gasteiger partial charge in [0.15, 0.2) is 0 Å². The van der Waals surface area contributed by atoms with Gasteiger partial charge in [0.2, 0.25) is 11.9 Å². The normalized spacial score (nSPS) is 15.3. The van der Waals surface area contributed by atoms with Crippen molar-refractivity contribution < 1.29 is 40.7 Å². The van der Waals surface area contributed by atoms with Crippen LogP contribution in [0, 0.1) is 5.92 Å². The minimum atomic E-state index is -4.96. The van der Waals surface area contributed by atoms with Crippen molar-refractivity contribution >= 4 is 25.6 Å². The number of hydrogen-bond acceptors (Lipinski definition) is 9. The van der Waals surface area contributed by atoms with E-state index in [9.17, 15) is 35.9 Å². The number of anilines is 2. The lowest BCUT2D eigenvalue weighted by atomic mass is 9.96. The number of hydroxylamine groups is 1. The van der Waals surface area contributed by atoms with E-state index in [-0.39, 0.29) is 24.9 Å². The summed E-state index contributed by atoms with van der Waals surface area (Å²) in [5.74, 6) is -0.498. The molecule has 1 fully saturated rings. The Hall–Kier alpha value is -3.25. The summed E-state index contributed by atoms with van der Waals surface area (Å²) in [6.45, 7) is 8.19. The fourth-order valence-corrected chi connectivity index (χ4v) is 4.60. The summed E-state index contributed by atoms with van der Waals surface area (Å²) in [6.07, 6.45) is -7.18. The molecule has 11 nitrogen and oxygen atoms in total. The van der Waals surface area contributed by atoms with Gasteiger partial charge in [-0.2, -0.15) is 31.4 Å². The number of carbonyl (C=O) groups is 1. The second kappa shape index (κ2) is 13.4. The summed E-state index contributed by atoms with van der Waals surface area (Å²) in [5.41, 5.74) is -2.06. The Morgan fingerprint density at radius 3 is 2.31 bits per heavy atom. The van der Waals surface area contributed by atoms with Crippen molar-refractivity contribution in [1.29, 1.82) is 0 Å². The minimum absolute atomic E-state index is 0.0410. The molecule has 0 aromatic carbocycles. The van der Waals surface area contributed by atoms with Crippen LogP contribution in [0.5, 0.6) is 0 Å². The molecule has 0 saturated carbocycles. The van der Waals surface area contributed by atoms with Crippen LogP contribution >= 0.6 is 0 Å². The molecule has 1 aliphatic heterocycles. The van der Waals surface area contributed by atoms with Gasteiger partial charge in [-0.05, 0) is 13.0 Å². The Balaban J connectivity index is 1.44. The standard InChI is InChI=1S/C24H33F6N7O4Si/c1-15(34-18-10-33-37(14-40-5-6-42(2,3)4)21(39)20(18)24(28,29)30)13-41-35-19(38)7-16-11-36(12-16)22-31-8-17(9-32-22)23(25,26)27/h8-10,15-16,34H,5-7,11-14H2,1-4H3,(H,35,38). The van der Waals surface area contributed by atoms with Gasteiger partial charge < -0.3 is 15.0 Å². The smallest absolute Gasteiger partial charge is 0.378 e. The maximum absolute atomic E-state index is 13.7. The molecule has 2 N–H and O–H groups in total. The van der Waals surface area contributed by atoms with Gasteiger partial charge in [-0.25, -0.2) is 20.1 Å². The van der Waals surface area contributed by atoms with Gasteiger partial charge in [-0.1, -0.05) is 19.6 Å². The number of alkyl halides is 6. The first kappa shape index (κ1) is 33.3. The molecule has 2 aromatic rings. The molecular weight excluding hydrogens is 592 g/mol. The molecule has 0 bridgehead atoms. The van der Waals surface area contributed by atoms with Crippen LogP contribution in [-0.4, -0.2) is 66.1 Å². The zero-order valence-electron chi connectivity index (χ0n) is 23.5. The van der Waals surface area contributed by atoms with E-state index in [1.807, 2.05) is 0 Å². The van der Waals surface area contributed by atoms with Crippen LogP contribution in [0.25, 0.3) is 0 Å². The maximum atomic E-state index is 13.7. The third kappa shape index (κ3) is 9.65. The summed E-state index contributed by atoms with van der Waals surface area (Å²) in [6, 6.07) is 0.0192. The molecule has 0 aliphatic carbocycles. The van der Waals surface area contributed by atoms with Crippen molar-refractivity contribution in [3.63, 3.8) is 0 Å². The lowest BCUT2D eigenvalue weighted by molar-refractivity contribution is -0.139. The minimum Gasteiger partial charge on any atom is -0.378 e. The number of halogens is 6. The molecule has 1 saturated heterocycles. The zero-order chi connectivity index (χ0) is 31.3. The number of carbonyl (C=O) groups excluding carboxylic acids is 1. The number of aromatic nitrogens is 4. The van der Waals surface area contributed by atoms with E-state index in [1.54, 1.807) is 4.90 Å². The lowest BCUT2D eigenvalue weighted by Gasteiger charge is -2.38. The van der Waals surface area contributed by atoms with Gasteiger partial charge in [0.05, 0.1) is 24.1 Å². The summed E-state index contributed by atoms with van der Waals surface area (Å²) < 4.78 is 85.1. The predicted molar refractivity (Wildman–Crippen MR) is 142 cm³/mol. The summed E-state index contributed by atoms with van der Waals surface area (Å²) >= 11 is 0. The molecule has 1 unspecified atom stereocenters. The lowest BCUT2D eigenvalue weighted by Crippen LogP contribution is -2.49. The monoisotopic (exact) mass is 625 g/mol. The first-order chi connectivity index (χ1) is 19.4. The molecule has 0 spiro atoms. The number of ether oxygens (including phenoxy) is 1. The van der Waals surface area contributed by atoms with Crippen molar-refractivity contribution in [3.05, 3.63) is 40.1 Å². The van der Waals surface area contributed by atoms with Crippen molar-refractivity contribution in [2.45, 2.75) is 64.2 Å². The van der Waals surface area contributed by atoms with Gasteiger partial charge in [-0.15, -0.1) is 0 Å². The van der Waals surface area contributed by atoms with Gasteiger partial charge in [0, 0.05) is 58.5 Å². The molecule has 42 heavy (non-hydrogen) atoms. The van der Waals surface area contributed by atoms with Crippen molar-refractivity contribution in [1.82, 2.24) is 25.2 Å². The number of nitrogens with one attached hydrogen (secondary N) is 2. The summed E-state index contributed by atoms with van der Waals surface area (Å²) in [7, 11) is -1.42. The zero-order valence-corrected chi connectivity index (χ0v) is 24.5. The SMILES string of the molecule is CC(CONC(=O)CC1CN(c2ncc(C(F)(F)F)cn2)C1)Nc1cnn(COCC[Si](C)(C)C)c(=O)c1C(F)(F)F. The Kier molecular flexibility index (Phi) is 10.6. The van der Waals surface area contributed by atoms with E-state index in [4.69, 9.17) is 9.57 Å². The van der Waals surface area contributed by atoms with Crippen LogP contribution in [0.3, 0.4) is 0 Å². The van der Waals surface area contributed by atoms with Gasteiger partial charge in [-0.3, -0.25) is 14.4 Å². The molecule has 234 valence electrons. The quantitative estimate of drug-likeness (QED) is 0.148. The maximum Gasteiger partial charge on any atom is 0.423 e. The average molecular weight is 626 g/mol. The van der Waals surface area contributed by atoms with E-state index in [0.717, 1.165) is 12.2 Å². The number of amides is 1. The molecule has 1 aliphatic rings. The van der Waals surface area contributed by atoms with Crippen LogP contribution in [0.4, 0.5) is 38.0 Å². The van der Waals surface area contributed by atoms with E-state index >= 15 is 0 Å². The first-order valence-corrected chi connectivity index (χ1v) is 16.7. The third-order valence-electron chi connectivity index (χ3n) is 6.14. The van der Waals surface area contributed by atoms with Crippen LogP contribution in [0.15, 0.2) is 23.4 Å². The largest absolute Gasteiger partial charge is 0.423 e. The van der Waals surface area contributed by atoms with Crippen LogP contribution in [0.1, 0.15) is 24.5 Å². The second-order valence-electron chi connectivity index (χ2n) is 11.2. The second-order valence-corrected chi connectivity index (χ2v) is 16.8. The van der Waals surface area contributed by atoms with Gasteiger partial charge >= 0.3 is 12.4 Å². The van der Waals surface area contributed by atoms with Gasteiger partial charge in [0.1, 0.15) is 12.3 Å². The highest BCUT2D eigenvalue weighted by Crippen LogP contribution is 2.32. The fourth-order valence-electron chi connectivity index (χ4n) is 3.84. The Bertz CT molecular complexity index is 1260. The van der Waals surface area contributed by atoms with E-state index in [1.165, 1.54) is 6.92 Å². The van der Waals surface area contributed by atoms with Gasteiger partial charge in [0.25, 0.3) is 5.56 Å². The Morgan fingerprint density at radius 2 is 1.74 bits per heavy atom. The molecule has 1 amide bonds. The molecule has 2 aromatic heterocycles. The average Bonchev–Trinajstić information content (AvgIpc) is 2.83. The topological polar surface area (TPSA) is 124 Å². The number of rotatable bonds is 13. The van der Waals surface area contributed by atoms with Crippen LogP contribution in [0.2, 0.25) is 25.7 Å². The molecule has 18 heteroatoms.